The third-order valence-electron chi connectivity index (χ3n) is 1.90. The predicted molar refractivity (Wildman–Crippen MR) is 54.7 cm³/mol. The molecule has 0 fully saturated rings. The van der Waals surface area contributed by atoms with Crippen molar-refractivity contribution in [1.29, 1.82) is 0 Å². The van der Waals surface area contributed by atoms with Crippen LogP contribution in [0.25, 0.3) is 0 Å². The number of benzene rings is 1. The standard InChI is InChI=1S/C10H13O.Bi.2H/c1-3-11-8-10-7-5-4-6-9(10)2;;;/h4-6H,3,8H2,1-2H3;;;. The molecule has 0 aromatic heterocycles. The average Bonchev–Trinajstić information content (AvgIpc) is 2.04. The second-order valence-corrected chi connectivity index (χ2v) is 5.20. The molecule has 1 aromatic carbocycles. The summed E-state index contributed by atoms with van der Waals surface area (Å²) in [4.78, 5) is 0. The van der Waals surface area contributed by atoms with Gasteiger partial charge in [0.1, 0.15) is 0 Å². The van der Waals surface area contributed by atoms with Gasteiger partial charge in [-0.1, -0.05) is 0 Å². The van der Waals surface area contributed by atoms with Crippen LogP contribution in [0.15, 0.2) is 18.2 Å². The summed E-state index contributed by atoms with van der Waals surface area (Å²) in [6.45, 7) is 5.78. The number of ether oxygens (including phenoxy) is 1. The average molecular weight is 360 g/mol. The van der Waals surface area contributed by atoms with Gasteiger partial charge in [-0.3, -0.25) is 0 Å². The van der Waals surface area contributed by atoms with Crippen molar-refractivity contribution in [3.63, 3.8) is 0 Å². The molecule has 12 heavy (non-hydrogen) atoms. The van der Waals surface area contributed by atoms with Crippen molar-refractivity contribution in [2.75, 3.05) is 6.61 Å². The molecule has 0 bridgehead atoms. The Morgan fingerprint density at radius 1 is 1.42 bits per heavy atom. The van der Waals surface area contributed by atoms with Crippen molar-refractivity contribution in [2.45, 2.75) is 20.5 Å². The number of aryl methyl sites for hydroxylation is 1. The molecule has 1 nitrogen and oxygen atoms in total. The molecule has 0 radical (unpaired) electrons. The van der Waals surface area contributed by atoms with Crippen molar-refractivity contribution >= 4 is 28.0 Å². The summed E-state index contributed by atoms with van der Waals surface area (Å²) in [5.74, 6) is 0. The fraction of sp³-hybridized carbons (Fsp3) is 0.400. The van der Waals surface area contributed by atoms with E-state index in [9.17, 15) is 0 Å². The van der Waals surface area contributed by atoms with Crippen molar-refractivity contribution in [2.24, 2.45) is 0 Å². The van der Waals surface area contributed by atoms with Crippen LogP contribution in [-0.4, -0.2) is 31.3 Å². The van der Waals surface area contributed by atoms with E-state index in [2.05, 4.69) is 25.1 Å². The van der Waals surface area contributed by atoms with E-state index < -0.39 is 0 Å². The van der Waals surface area contributed by atoms with Gasteiger partial charge in [0.05, 0.1) is 0 Å². The SMILES string of the molecule is CCOCc1c(C)ccc[c]1[BiH2]. The number of hydrogen-bond donors (Lipinski definition) is 0. The van der Waals surface area contributed by atoms with E-state index in [1.54, 1.807) is 0 Å². The molecule has 1 aromatic rings. The molecule has 0 N–H and O–H groups in total. The topological polar surface area (TPSA) is 9.23 Å². The van der Waals surface area contributed by atoms with E-state index >= 15 is 0 Å². The Labute approximate surface area is 89.0 Å². The van der Waals surface area contributed by atoms with Crippen LogP contribution in [0.3, 0.4) is 0 Å². The first-order chi connectivity index (χ1) is 5.75. The maximum absolute atomic E-state index is 5.41. The molecule has 0 aliphatic rings. The summed E-state index contributed by atoms with van der Waals surface area (Å²) in [6, 6.07) is 6.48. The Hall–Kier alpha value is 0.0631. The van der Waals surface area contributed by atoms with Crippen LogP contribution in [0.2, 0.25) is 0 Å². The summed E-state index contributed by atoms with van der Waals surface area (Å²) in [5, 5.41) is 0. The van der Waals surface area contributed by atoms with Gasteiger partial charge in [0, 0.05) is 0 Å². The number of hydrogen-bond acceptors (Lipinski definition) is 1. The van der Waals surface area contributed by atoms with Gasteiger partial charge in [-0.25, -0.2) is 0 Å². The molecule has 0 atom stereocenters. The summed E-state index contributed by atoms with van der Waals surface area (Å²) >= 11 is 0.908. The second kappa shape index (κ2) is 4.94. The zero-order chi connectivity index (χ0) is 8.97. The molecule has 1 rings (SSSR count). The quantitative estimate of drug-likeness (QED) is 0.725. The van der Waals surface area contributed by atoms with E-state index in [1.165, 1.54) is 14.4 Å². The van der Waals surface area contributed by atoms with Gasteiger partial charge >= 0.3 is 89.1 Å². The molecule has 66 valence electrons. The van der Waals surface area contributed by atoms with Crippen molar-refractivity contribution < 1.29 is 4.74 Å². The van der Waals surface area contributed by atoms with Crippen molar-refractivity contribution in [3.8, 4) is 0 Å². The fourth-order valence-electron chi connectivity index (χ4n) is 1.13. The first-order valence-electron chi connectivity index (χ1n) is 4.17. The summed E-state index contributed by atoms with van der Waals surface area (Å²) < 4.78 is 6.90. The van der Waals surface area contributed by atoms with Gasteiger partial charge in [-0.05, 0) is 0 Å². The van der Waals surface area contributed by atoms with Crippen LogP contribution in [0.4, 0.5) is 0 Å². The van der Waals surface area contributed by atoms with Gasteiger partial charge < -0.3 is 0 Å². The zero-order valence-corrected chi connectivity index (χ0v) is 12.1. The summed E-state index contributed by atoms with van der Waals surface area (Å²) in [5.41, 5.74) is 2.77. The molecule has 0 aliphatic heterocycles. The van der Waals surface area contributed by atoms with E-state index in [0.717, 1.165) is 37.9 Å². The Morgan fingerprint density at radius 2 is 2.17 bits per heavy atom. The van der Waals surface area contributed by atoms with Crippen LogP contribution in [0, 0.1) is 6.92 Å². The minimum atomic E-state index is 0.787. The van der Waals surface area contributed by atoms with Crippen molar-refractivity contribution in [3.05, 3.63) is 29.3 Å². The van der Waals surface area contributed by atoms with Crippen LogP contribution in [0.1, 0.15) is 18.1 Å². The third kappa shape index (κ3) is 2.53. The molecule has 2 heteroatoms. The van der Waals surface area contributed by atoms with Crippen LogP contribution < -0.4 is 3.27 Å². The maximum atomic E-state index is 5.41. The molecule has 0 unspecified atom stereocenters. The van der Waals surface area contributed by atoms with Crippen LogP contribution in [-0.2, 0) is 11.3 Å². The fourth-order valence-corrected chi connectivity index (χ4v) is 2.77. The van der Waals surface area contributed by atoms with Crippen molar-refractivity contribution in [1.82, 2.24) is 0 Å². The summed E-state index contributed by atoms with van der Waals surface area (Å²) in [7, 11) is 0. The Bertz CT molecular complexity index is 238. The van der Waals surface area contributed by atoms with E-state index in [1.807, 2.05) is 6.92 Å². The number of rotatable bonds is 3. The van der Waals surface area contributed by atoms with E-state index in [4.69, 9.17) is 4.74 Å². The van der Waals surface area contributed by atoms with Gasteiger partial charge in [-0.15, -0.1) is 0 Å². The molecule has 0 heterocycles. The molecule has 0 spiro atoms. The Balaban J connectivity index is 2.81. The predicted octanol–water partition coefficient (Wildman–Crippen LogP) is 0.790. The Morgan fingerprint density at radius 3 is 2.75 bits per heavy atom. The van der Waals surface area contributed by atoms with E-state index in [0.29, 0.717) is 0 Å². The minimum absolute atomic E-state index is 0.787. The second-order valence-electron chi connectivity index (χ2n) is 2.78. The summed E-state index contributed by atoms with van der Waals surface area (Å²) in [6.07, 6.45) is 0. The first-order valence-corrected chi connectivity index (χ1v) is 6.42. The van der Waals surface area contributed by atoms with E-state index in [-0.39, 0.29) is 0 Å². The zero-order valence-electron chi connectivity index (χ0n) is 7.63. The van der Waals surface area contributed by atoms with Gasteiger partial charge in [0.15, 0.2) is 0 Å². The van der Waals surface area contributed by atoms with Gasteiger partial charge in [-0.2, -0.15) is 0 Å². The van der Waals surface area contributed by atoms with Gasteiger partial charge in [0.2, 0.25) is 0 Å². The normalized spacial score (nSPS) is 10.2. The molecule has 0 amide bonds. The first kappa shape index (κ1) is 10.1. The van der Waals surface area contributed by atoms with Crippen LogP contribution >= 0.6 is 0 Å². The third-order valence-corrected chi connectivity index (χ3v) is 4.00. The molecular weight excluding hydrogens is 345 g/mol. The Kier molecular flexibility index (Phi) is 4.17. The molecule has 0 saturated heterocycles. The molecule has 0 saturated carbocycles. The van der Waals surface area contributed by atoms with Gasteiger partial charge in [0.25, 0.3) is 0 Å². The van der Waals surface area contributed by atoms with Crippen LogP contribution in [0.5, 0.6) is 0 Å². The molecular formula is C10H15BiO. The molecule has 0 aliphatic carbocycles. The monoisotopic (exact) mass is 360 g/mol.